The zero-order valence-corrected chi connectivity index (χ0v) is 12.0. The summed E-state index contributed by atoms with van der Waals surface area (Å²) in [6.45, 7) is 4.28. The molecule has 1 aromatic carbocycles. The molecule has 1 heterocycles. The molecule has 0 saturated heterocycles. The maximum atomic E-state index is 12.1. The molecule has 104 valence electrons. The van der Waals surface area contributed by atoms with Crippen molar-refractivity contribution < 1.29 is 0 Å². The van der Waals surface area contributed by atoms with Crippen LogP contribution in [-0.2, 0) is 6.42 Å². The van der Waals surface area contributed by atoms with Gasteiger partial charge in [0.15, 0.2) is 0 Å². The molecule has 0 saturated carbocycles. The van der Waals surface area contributed by atoms with E-state index in [9.17, 15) is 4.79 Å². The van der Waals surface area contributed by atoms with Crippen molar-refractivity contribution in [1.29, 1.82) is 5.26 Å². The number of aromatic nitrogens is 2. The zero-order chi connectivity index (χ0) is 15.0. The summed E-state index contributed by atoms with van der Waals surface area (Å²) >= 11 is 0. The van der Waals surface area contributed by atoms with Gasteiger partial charge in [0.2, 0.25) is 0 Å². The van der Waals surface area contributed by atoms with E-state index in [1.807, 2.05) is 18.2 Å². The summed E-state index contributed by atoms with van der Waals surface area (Å²) in [6, 6.07) is 7.82. The van der Waals surface area contributed by atoms with E-state index in [-0.39, 0.29) is 11.0 Å². The fourth-order valence-electron chi connectivity index (χ4n) is 2.77. The van der Waals surface area contributed by atoms with Crippen LogP contribution in [0.1, 0.15) is 30.5 Å². The topological polar surface area (TPSA) is 58.7 Å². The highest BCUT2D eigenvalue weighted by atomic mass is 16.1. The van der Waals surface area contributed by atoms with Crippen LogP contribution in [-0.4, -0.2) is 9.55 Å². The van der Waals surface area contributed by atoms with Gasteiger partial charge in [-0.05, 0) is 29.5 Å². The monoisotopic (exact) mass is 277 g/mol. The first-order valence-electron chi connectivity index (χ1n) is 6.79. The van der Waals surface area contributed by atoms with Crippen molar-refractivity contribution in [3.05, 3.63) is 69.9 Å². The first kappa shape index (κ1) is 13.3. The summed E-state index contributed by atoms with van der Waals surface area (Å²) in [4.78, 5) is 15.9. The third-order valence-electron chi connectivity index (χ3n) is 3.67. The number of nitriles is 1. The van der Waals surface area contributed by atoms with Crippen LogP contribution in [0, 0.1) is 16.7 Å². The Morgan fingerprint density at radius 3 is 2.90 bits per heavy atom. The van der Waals surface area contributed by atoms with Crippen molar-refractivity contribution in [3.63, 3.8) is 0 Å². The third kappa shape index (κ3) is 2.38. The highest BCUT2D eigenvalue weighted by Crippen LogP contribution is 2.36. The van der Waals surface area contributed by atoms with Crippen LogP contribution < -0.4 is 5.56 Å². The van der Waals surface area contributed by atoms with Crippen LogP contribution in [0.5, 0.6) is 0 Å². The molecule has 0 atom stereocenters. The first-order valence-corrected chi connectivity index (χ1v) is 6.79. The fraction of sp³-hybridized carbons (Fsp3) is 0.235. The maximum Gasteiger partial charge on any atom is 0.273 e. The molecule has 0 aliphatic heterocycles. The maximum absolute atomic E-state index is 12.1. The van der Waals surface area contributed by atoms with Gasteiger partial charge >= 0.3 is 0 Å². The lowest BCUT2D eigenvalue weighted by Gasteiger charge is -2.30. The molecule has 0 bridgehead atoms. The molecule has 1 aromatic heterocycles. The minimum atomic E-state index is -0.172. The largest absolute Gasteiger partial charge is 0.281 e. The van der Waals surface area contributed by atoms with Crippen molar-refractivity contribution in [2.24, 2.45) is 5.41 Å². The van der Waals surface area contributed by atoms with Crippen molar-refractivity contribution in [3.8, 4) is 6.07 Å². The van der Waals surface area contributed by atoms with Crippen molar-refractivity contribution in [1.82, 2.24) is 9.55 Å². The van der Waals surface area contributed by atoms with E-state index in [0.717, 1.165) is 23.2 Å². The lowest BCUT2D eigenvalue weighted by Crippen LogP contribution is -2.25. The van der Waals surface area contributed by atoms with Crippen molar-refractivity contribution in [2.45, 2.75) is 20.3 Å². The van der Waals surface area contributed by atoms with E-state index < -0.39 is 0 Å². The number of fused-ring (bicyclic) bond motifs is 1. The number of allylic oxidation sites excluding steroid dienone is 1. The highest BCUT2D eigenvalue weighted by molar-refractivity contribution is 5.72. The lowest BCUT2D eigenvalue weighted by atomic mass is 9.77. The number of benzene rings is 1. The van der Waals surface area contributed by atoms with Crippen LogP contribution in [0.4, 0.5) is 0 Å². The average molecular weight is 277 g/mol. The minimum Gasteiger partial charge on any atom is -0.281 e. The number of hydrogen-bond acceptors (Lipinski definition) is 3. The van der Waals surface area contributed by atoms with Crippen LogP contribution in [0.25, 0.3) is 5.70 Å². The molecule has 0 spiro atoms. The Labute approximate surface area is 123 Å². The molecule has 0 N–H and O–H groups in total. The predicted molar refractivity (Wildman–Crippen MR) is 80.5 cm³/mol. The second kappa shape index (κ2) is 4.71. The molecule has 0 amide bonds. The SMILES string of the molecule is CC1(C)C=C(n2ccncc2=O)c2cc(C#N)ccc2C1. The quantitative estimate of drug-likeness (QED) is 0.805. The van der Waals surface area contributed by atoms with Gasteiger partial charge in [-0.1, -0.05) is 26.0 Å². The smallest absolute Gasteiger partial charge is 0.273 e. The zero-order valence-electron chi connectivity index (χ0n) is 12.0. The predicted octanol–water partition coefficient (Wildman–Crippen LogP) is 2.59. The van der Waals surface area contributed by atoms with Crippen molar-refractivity contribution in [2.75, 3.05) is 0 Å². The number of nitrogens with zero attached hydrogens (tertiary/aromatic N) is 3. The Balaban J connectivity index is 2.29. The summed E-state index contributed by atoms with van der Waals surface area (Å²) in [5.74, 6) is 0. The van der Waals surface area contributed by atoms with Crippen LogP contribution in [0.15, 0.2) is 47.7 Å². The van der Waals surface area contributed by atoms with Crippen molar-refractivity contribution >= 4 is 5.70 Å². The number of hydrogen-bond donors (Lipinski definition) is 0. The van der Waals surface area contributed by atoms with Crippen LogP contribution in [0.2, 0.25) is 0 Å². The Kier molecular flexibility index (Phi) is 2.99. The Bertz CT molecular complexity index is 838. The summed E-state index contributed by atoms with van der Waals surface area (Å²) in [5.41, 5.74) is 3.31. The van der Waals surface area contributed by atoms with Gasteiger partial charge in [0.05, 0.1) is 23.5 Å². The molecule has 1 aliphatic rings. The van der Waals surface area contributed by atoms with Gasteiger partial charge in [-0.25, -0.2) is 0 Å². The molecule has 4 nitrogen and oxygen atoms in total. The second-order valence-corrected chi connectivity index (χ2v) is 5.96. The van der Waals surface area contributed by atoms with Gasteiger partial charge in [-0.2, -0.15) is 5.26 Å². The Hall–Kier alpha value is -2.67. The Morgan fingerprint density at radius 1 is 1.38 bits per heavy atom. The molecular weight excluding hydrogens is 262 g/mol. The van der Waals surface area contributed by atoms with Crippen LogP contribution in [0.3, 0.4) is 0 Å². The minimum absolute atomic E-state index is 0.0425. The normalized spacial score (nSPS) is 15.8. The average Bonchev–Trinajstić information content (AvgIpc) is 2.46. The van der Waals surface area contributed by atoms with Gasteiger partial charge in [-0.15, -0.1) is 0 Å². The fourth-order valence-corrected chi connectivity index (χ4v) is 2.77. The molecule has 21 heavy (non-hydrogen) atoms. The summed E-state index contributed by atoms with van der Waals surface area (Å²) < 4.78 is 1.59. The van der Waals surface area contributed by atoms with E-state index in [1.54, 1.807) is 17.0 Å². The van der Waals surface area contributed by atoms with Gasteiger partial charge < -0.3 is 0 Å². The summed E-state index contributed by atoms with van der Waals surface area (Å²) in [6.07, 6.45) is 7.54. The second-order valence-electron chi connectivity index (χ2n) is 5.96. The van der Waals surface area contributed by atoms with Gasteiger partial charge in [0.25, 0.3) is 5.56 Å². The Morgan fingerprint density at radius 2 is 2.19 bits per heavy atom. The summed E-state index contributed by atoms with van der Waals surface area (Å²) in [7, 11) is 0. The highest BCUT2D eigenvalue weighted by Gasteiger charge is 2.26. The molecule has 3 rings (SSSR count). The molecule has 0 fully saturated rings. The first-order chi connectivity index (χ1) is 10.00. The standard InChI is InChI=1S/C17H15N3O/c1-17(2)8-13-4-3-12(10-18)7-14(13)15(9-17)20-6-5-19-11-16(20)21/h3-7,9,11H,8H2,1-2H3. The third-order valence-corrected chi connectivity index (χ3v) is 3.67. The molecular formula is C17H15N3O. The lowest BCUT2D eigenvalue weighted by molar-refractivity contribution is 0.470. The molecule has 4 heteroatoms. The van der Waals surface area contributed by atoms with Gasteiger partial charge in [-0.3, -0.25) is 14.3 Å². The van der Waals surface area contributed by atoms with E-state index in [2.05, 4.69) is 31.0 Å². The van der Waals surface area contributed by atoms with E-state index >= 15 is 0 Å². The van der Waals surface area contributed by atoms with E-state index in [1.165, 1.54) is 6.20 Å². The number of rotatable bonds is 1. The molecule has 0 unspecified atom stereocenters. The summed E-state index contributed by atoms with van der Waals surface area (Å²) in [5, 5.41) is 9.11. The van der Waals surface area contributed by atoms with Gasteiger partial charge in [0, 0.05) is 18.0 Å². The molecule has 2 aromatic rings. The van der Waals surface area contributed by atoms with Crippen LogP contribution >= 0.6 is 0 Å². The van der Waals surface area contributed by atoms with E-state index in [4.69, 9.17) is 5.26 Å². The van der Waals surface area contributed by atoms with Gasteiger partial charge in [0.1, 0.15) is 0 Å². The molecule has 1 aliphatic carbocycles. The van der Waals surface area contributed by atoms with E-state index in [0.29, 0.717) is 5.56 Å². The molecule has 0 radical (unpaired) electrons.